The highest BCUT2D eigenvalue weighted by atomic mass is 17.3. The first-order chi connectivity index (χ1) is 10.9. The summed E-state index contributed by atoms with van der Waals surface area (Å²) in [7, 11) is 0. The average molecular weight is 323 g/mol. The van der Waals surface area contributed by atoms with Crippen molar-refractivity contribution >= 4 is 12.2 Å². The van der Waals surface area contributed by atoms with Crippen LogP contribution < -0.4 is 0 Å². The molecule has 1 spiro atoms. The number of ether oxygens (including phenoxy) is 1. The lowest BCUT2D eigenvalue weighted by atomic mass is 9.57. The lowest BCUT2D eigenvalue weighted by Crippen LogP contribution is -2.75. The first-order valence-electron chi connectivity index (χ1n) is 8.72. The van der Waals surface area contributed by atoms with Gasteiger partial charge in [-0.1, -0.05) is 13.8 Å². The Kier molecular flexibility index (Phi) is 3.38. The summed E-state index contributed by atoms with van der Waals surface area (Å²) in [6.45, 7) is 6.11. The van der Waals surface area contributed by atoms with Crippen molar-refractivity contribution in [3.05, 3.63) is 0 Å². The highest BCUT2D eigenvalue weighted by molar-refractivity contribution is 5.82. The van der Waals surface area contributed by atoms with Crippen LogP contribution in [-0.2, 0) is 24.1 Å². The fourth-order valence-corrected chi connectivity index (χ4v) is 5.42. The molecular formula is C17H25NO5. The quantitative estimate of drug-likeness (QED) is 0.573. The summed E-state index contributed by atoms with van der Waals surface area (Å²) in [6, 6.07) is 0. The first-order valence-corrected chi connectivity index (χ1v) is 8.72. The third-order valence-electron chi connectivity index (χ3n) is 6.63. The molecule has 4 heterocycles. The van der Waals surface area contributed by atoms with Crippen LogP contribution >= 0.6 is 0 Å². The van der Waals surface area contributed by atoms with Crippen molar-refractivity contribution in [2.45, 2.75) is 64.1 Å². The van der Waals surface area contributed by atoms with Gasteiger partial charge < -0.3 is 14.4 Å². The lowest BCUT2D eigenvalue weighted by Gasteiger charge is -2.61. The van der Waals surface area contributed by atoms with Gasteiger partial charge in [-0.25, -0.2) is 9.78 Å². The summed E-state index contributed by atoms with van der Waals surface area (Å²) in [5.74, 6) is -0.201. The summed E-state index contributed by atoms with van der Waals surface area (Å²) in [4.78, 5) is 37.4. The van der Waals surface area contributed by atoms with E-state index in [0.29, 0.717) is 5.92 Å². The standard InChI is InChI=1S/C17H25NO5/c1-10-4-5-13-11(2)14(20)18(8-9-19)15-17(13)12(10)6-7-16(3,21-15)22-23-17/h9-13,15H,4-8H2,1-3H3/t10-,11-,12+,13+,15-,16+,17-/m1/s1. The van der Waals surface area contributed by atoms with E-state index in [1.165, 1.54) is 0 Å². The maximum Gasteiger partial charge on any atom is 0.228 e. The van der Waals surface area contributed by atoms with Crippen LogP contribution in [0.5, 0.6) is 0 Å². The Balaban J connectivity index is 1.86. The van der Waals surface area contributed by atoms with Crippen LogP contribution in [0.25, 0.3) is 0 Å². The number of hydrogen-bond acceptors (Lipinski definition) is 5. The molecule has 128 valence electrons. The van der Waals surface area contributed by atoms with Gasteiger partial charge in [0.1, 0.15) is 6.29 Å². The molecule has 2 bridgehead atoms. The molecule has 5 aliphatic rings. The minimum Gasteiger partial charge on any atom is -0.321 e. The number of amides is 1. The number of fused-ring (bicyclic) bond motifs is 2. The SMILES string of the molecule is C[C@@H]1CC[C@H]2[C@@H](C)C(=O)N(CC=O)[C@@H]3O[C@]4(C)CC[C@@H]1[C@@]23OO4. The largest absolute Gasteiger partial charge is 0.321 e. The molecule has 1 aliphatic carbocycles. The minimum absolute atomic E-state index is 0.00854. The molecule has 5 rings (SSSR count). The van der Waals surface area contributed by atoms with Crippen LogP contribution in [0.15, 0.2) is 0 Å². The molecular weight excluding hydrogens is 298 g/mol. The van der Waals surface area contributed by atoms with E-state index in [2.05, 4.69) is 6.92 Å². The van der Waals surface area contributed by atoms with Crippen molar-refractivity contribution in [3.63, 3.8) is 0 Å². The summed E-state index contributed by atoms with van der Waals surface area (Å²) in [5, 5.41) is 0. The van der Waals surface area contributed by atoms with Gasteiger partial charge in [-0.2, -0.15) is 0 Å². The van der Waals surface area contributed by atoms with Gasteiger partial charge in [0.05, 0.1) is 6.54 Å². The number of carbonyl (C=O) groups excluding carboxylic acids is 2. The molecule has 23 heavy (non-hydrogen) atoms. The van der Waals surface area contributed by atoms with Gasteiger partial charge in [-0.3, -0.25) is 4.79 Å². The highest BCUT2D eigenvalue weighted by Gasteiger charge is 2.70. The molecule has 0 aromatic carbocycles. The highest BCUT2D eigenvalue weighted by Crippen LogP contribution is 2.60. The number of rotatable bonds is 2. The van der Waals surface area contributed by atoms with E-state index in [4.69, 9.17) is 14.5 Å². The van der Waals surface area contributed by atoms with Gasteiger partial charge in [-0.05, 0) is 38.0 Å². The molecule has 1 saturated carbocycles. The van der Waals surface area contributed by atoms with Crippen molar-refractivity contribution < 1.29 is 24.1 Å². The van der Waals surface area contributed by atoms with Crippen molar-refractivity contribution in [2.24, 2.45) is 23.7 Å². The predicted molar refractivity (Wildman–Crippen MR) is 79.7 cm³/mol. The summed E-state index contributed by atoms with van der Waals surface area (Å²) < 4.78 is 6.26. The average Bonchev–Trinajstić information content (AvgIpc) is 2.76. The number of carbonyl (C=O) groups is 2. The third kappa shape index (κ3) is 1.91. The zero-order valence-electron chi connectivity index (χ0n) is 14.0. The molecule has 0 radical (unpaired) electrons. The van der Waals surface area contributed by atoms with E-state index in [9.17, 15) is 9.59 Å². The second-order valence-corrected chi connectivity index (χ2v) is 7.88. The molecule has 6 nitrogen and oxygen atoms in total. The van der Waals surface area contributed by atoms with Crippen LogP contribution in [0.3, 0.4) is 0 Å². The van der Waals surface area contributed by atoms with Crippen molar-refractivity contribution in [1.82, 2.24) is 4.90 Å². The number of likely N-dealkylation sites (tertiary alicyclic amines) is 1. The van der Waals surface area contributed by atoms with Gasteiger partial charge in [0.2, 0.25) is 11.7 Å². The number of nitrogens with zero attached hydrogens (tertiary/aromatic N) is 1. The maximum atomic E-state index is 12.8. The summed E-state index contributed by atoms with van der Waals surface area (Å²) >= 11 is 0. The molecule has 4 saturated heterocycles. The Morgan fingerprint density at radius 1 is 1.22 bits per heavy atom. The Labute approximate surface area is 136 Å². The first kappa shape index (κ1) is 15.5. The molecule has 1 amide bonds. The lowest BCUT2D eigenvalue weighted by molar-refractivity contribution is -0.547. The molecule has 5 fully saturated rings. The van der Waals surface area contributed by atoms with Crippen molar-refractivity contribution in [3.8, 4) is 0 Å². The number of aldehydes is 1. The van der Waals surface area contributed by atoms with E-state index in [-0.39, 0.29) is 30.2 Å². The van der Waals surface area contributed by atoms with Crippen molar-refractivity contribution in [2.75, 3.05) is 6.54 Å². The fraction of sp³-hybridized carbons (Fsp3) is 0.882. The van der Waals surface area contributed by atoms with Crippen LogP contribution in [0.4, 0.5) is 0 Å². The van der Waals surface area contributed by atoms with Gasteiger partial charge in [-0.15, -0.1) is 0 Å². The predicted octanol–water partition coefficient (Wildman–Crippen LogP) is 1.88. The Hall–Kier alpha value is -0.980. The van der Waals surface area contributed by atoms with Crippen molar-refractivity contribution in [1.29, 1.82) is 0 Å². The molecule has 6 heteroatoms. The smallest absolute Gasteiger partial charge is 0.228 e. The third-order valence-corrected chi connectivity index (χ3v) is 6.63. The Morgan fingerprint density at radius 2 is 2.00 bits per heavy atom. The maximum absolute atomic E-state index is 12.8. The zero-order chi connectivity index (χ0) is 16.4. The molecule has 0 aromatic rings. The second kappa shape index (κ2) is 5.01. The minimum atomic E-state index is -0.848. The zero-order valence-corrected chi connectivity index (χ0v) is 14.0. The molecule has 0 aromatic heterocycles. The number of hydrogen-bond donors (Lipinski definition) is 0. The summed E-state index contributed by atoms with van der Waals surface area (Å²) in [5.41, 5.74) is -0.649. The van der Waals surface area contributed by atoms with E-state index in [0.717, 1.165) is 32.0 Å². The molecule has 7 atom stereocenters. The molecule has 0 N–H and O–H groups in total. The van der Waals surface area contributed by atoms with E-state index >= 15 is 0 Å². The fourth-order valence-electron chi connectivity index (χ4n) is 5.42. The van der Waals surface area contributed by atoms with Crippen LogP contribution in [0, 0.1) is 23.7 Å². The van der Waals surface area contributed by atoms with Gasteiger partial charge >= 0.3 is 0 Å². The second-order valence-electron chi connectivity index (χ2n) is 7.88. The van der Waals surface area contributed by atoms with E-state index in [1.54, 1.807) is 4.90 Å². The molecule has 4 aliphatic heterocycles. The monoisotopic (exact) mass is 323 g/mol. The Morgan fingerprint density at radius 3 is 2.74 bits per heavy atom. The van der Waals surface area contributed by atoms with E-state index < -0.39 is 17.6 Å². The Bertz CT molecular complexity index is 539. The van der Waals surface area contributed by atoms with Crippen LogP contribution in [0.1, 0.15) is 46.5 Å². The van der Waals surface area contributed by atoms with Gasteiger partial charge in [0, 0.05) is 18.3 Å². The topological polar surface area (TPSA) is 65.1 Å². The normalized spacial score (nSPS) is 52.0. The van der Waals surface area contributed by atoms with Gasteiger partial charge in [0.25, 0.3) is 0 Å². The summed E-state index contributed by atoms with van der Waals surface area (Å²) in [6.07, 6.45) is 3.96. The van der Waals surface area contributed by atoms with E-state index in [1.807, 2.05) is 13.8 Å². The number of piperidine rings is 1. The van der Waals surface area contributed by atoms with Crippen LogP contribution in [-0.4, -0.2) is 41.3 Å². The van der Waals surface area contributed by atoms with Crippen LogP contribution in [0.2, 0.25) is 0 Å². The van der Waals surface area contributed by atoms with Gasteiger partial charge in [0.15, 0.2) is 11.8 Å². The molecule has 0 unspecified atom stereocenters.